The molecule has 1 N–H and O–H groups in total. The molecule has 2 aromatic heterocycles. The zero-order valence-electron chi connectivity index (χ0n) is 31.8. The summed E-state index contributed by atoms with van der Waals surface area (Å²) in [5.41, 5.74) is 13.1. The molecule has 4 nitrogen and oxygen atoms in total. The number of para-hydroxylation sites is 3. The van der Waals surface area contributed by atoms with Crippen LogP contribution >= 0.6 is 11.8 Å². The summed E-state index contributed by atoms with van der Waals surface area (Å²) in [6, 6.07) is 70.7. The van der Waals surface area contributed by atoms with Crippen molar-refractivity contribution in [3.63, 3.8) is 0 Å². The molecule has 1 unspecified atom stereocenters. The molecule has 276 valence electrons. The smallest absolute Gasteiger partial charge is 0.201 e. The van der Waals surface area contributed by atoms with Crippen LogP contribution in [0.4, 0.5) is 0 Å². The van der Waals surface area contributed by atoms with Gasteiger partial charge in [0.05, 0.1) is 33.1 Å². The highest BCUT2D eigenvalue weighted by molar-refractivity contribution is 7.99. The van der Waals surface area contributed by atoms with Crippen molar-refractivity contribution in [2.24, 2.45) is 4.99 Å². The third-order valence-electron chi connectivity index (χ3n) is 12.3. The molecule has 0 aliphatic carbocycles. The molecule has 4 heterocycles. The number of rotatable bonds is 4. The molecule has 0 saturated heterocycles. The standard InChI is InChI=1S/C54H34N4S/c1-3-14-33(15-4-1)53-40-20-7-10-23-44(40)55-54(56-53)58-45-24-11-8-18-37(45)42-30-34(26-28-46(42)58)35-27-29-47-43(31-35)51-41-22-13-21-39-38-19-9-12-25-49(38)59-50(52(39)41)32-48(51)57(47)36-16-5-2-6-17-36/h1-32,54,56H. The fraction of sp³-hybridized carbons (Fsp3) is 0.0185. The van der Waals surface area contributed by atoms with Gasteiger partial charge >= 0.3 is 0 Å². The van der Waals surface area contributed by atoms with Crippen molar-refractivity contribution in [1.29, 1.82) is 0 Å². The molecule has 2 aliphatic rings. The maximum Gasteiger partial charge on any atom is 0.201 e. The molecule has 0 amide bonds. The second-order valence-corrected chi connectivity index (χ2v) is 16.6. The zero-order valence-corrected chi connectivity index (χ0v) is 32.6. The van der Waals surface area contributed by atoms with E-state index in [1.54, 1.807) is 0 Å². The van der Waals surface area contributed by atoms with Gasteiger partial charge in [-0.15, -0.1) is 0 Å². The number of nitrogens with zero attached hydrogens (tertiary/aromatic N) is 3. The predicted octanol–water partition coefficient (Wildman–Crippen LogP) is 12.4. The lowest BCUT2D eigenvalue weighted by Crippen LogP contribution is -2.41. The van der Waals surface area contributed by atoms with E-state index in [-0.39, 0.29) is 6.29 Å². The van der Waals surface area contributed by atoms with Crippen molar-refractivity contribution in [2.75, 3.05) is 0 Å². The Morgan fingerprint density at radius 2 is 1.12 bits per heavy atom. The van der Waals surface area contributed by atoms with Gasteiger partial charge in [-0.1, -0.05) is 145 Å². The van der Waals surface area contributed by atoms with Crippen molar-refractivity contribution in [1.82, 2.24) is 14.5 Å². The average Bonchev–Trinajstić information content (AvgIpc) is 3.81. The predicted molar refractivity (Wildman–Crippen MR) is 245 cm³/mol. The van der Waals surface area contributed by atoms with Crippen molar-refractivity contribution < 1.29 is 0 Å². The van der Waals surface area contributed by atoms with Crippen LogP contribution < -0.4 is 15.9 Å². The molecular formula is C54H34N4S. The molecule has 59 heavy (non-hydrogen) atoms. The summed E-state index contributed by atoms with van der Waals surface area (Å²) in [5.74, 6) is 0. The van der Waals surface area contributed by atoms with Crippen molar-refractivity contribution >= 4 is 71.8 Å². The SMILES string of the molecule is c1ccc(C2=c3ccccc3=NC(n3c4ccccc4c4cc(-c5ccc6c(c5)c5c7cccc8c7c(cc5n6-c5ccccc5)Sc5ccccc5-8)ccc43)N2)cc1. The van der Waals surface area contributed by atoms with Gasteiger partial charge in [0, 0.05) is 47.6 Å². The van der Waals surface area contributed by atoms with E-state index in [0.717, 1.165) is 38.6 Å². The highest BCUT2D eigenvalue weighted by Crippen LogP contribution is 2.51. The Balaban J connectivity index is 1.02. The monoisotopic (exact) mass is 770 g/mol. The minimum absolute atomic E-state index is 0.325. The number of benzene rings is 9. The van der Waals surface area contributed by atoms with Gasteiger partial charge in [-0.05, 0) is 93.9 Å². The first kappa shape index (κ1) is 32.7. The third-order valence-corrected chi connectivity index (χ3v) is 13.4. The van der Waals surface area contributed by atoms with Gasteiger partial charge in [0.1, 0.15) is 0 Å². The van der Waals surface area contributed by atoms with E-state index in [0.29, 0.717) is 0 Å². The van der Waals surface area contributed by atoms with Gasteiger partial charge in [-0.2, -0.15) is 0 Å². The number of aromatic nitrogens is 2. The maximum atomic E-state index is 5.32. The maximum absolute atomic E-state index is 5.32. The number of hydrogen-bond acceptors (Lipinski definition) is 3. The molecule has 2 aliphatic heterocycles. The third kappa shape index (κ3) is 4.83. The highest BCUT2D eigenvalue weighted by atomic mass is 32.2. The van der Waals surface area contributed by atoms with E-state index in [9.17, 15) is 0 Å². The molecule has 0 saturated carbocycles. The molecule has 11 aromatic rings. The summed E-state index contributed by atoms with van der Waals surface area (Å²) in [7, 11) is 0. The number of hydrogen-bond donors (Lipinski definition) is 1. The van der Waals surface area contributed by atoms with Crippen molar-refractivity contribution in [2.45, 2.75) is 16.1 Å². The highest BCUT2D eigenvalue weighted by Gasteiger charge is 2.25. The molecular weight excluding hydrogens is 737 g/mol. The molecule has 1 atom stereocenters. The van der Waals surface area contributed by atoms with E-state index in [1.165, 1.54) is 75.4 Å². The summed E-state index contributed by atoms with van der Waals surface area (Å²) < 4.78 is 4.82. The van der Waals surface area contributed by atoms with Crippen molar-refractivity contribution in [3.8, 4) is 27.9 Å². The van der Waals surface area contributed by atoms with Crippen LogP contribution in [0, 0.1) is 0 Å². The van der Waals surface area contributed by atoms with Gasteiger partial charge < -0.3 is 14.5 Å². The van der Waals surface area contributed by atoms with Crippen LogP contribution in [0.1, 0.15) is 11.9 Å². The van der Waals surface area contributed by atoms with Gasteiger partial charge in [-0.3, -0.25) is 0 Å². The summed E-state index contributed by atoms with van der Waals surface area (Å²) in [6.07, 6.45) is -0.325. The lowest BCUT2D eigenvalue weighted by molar-refractivity contribution is 0.489. The number of fused-ring (bicyclic) bond motifs is 10. The Hall–Kier alpha value is -7.34. The van der Waals surface area contributed by atoms with E-state index >= 15 is 0 Å². The Morgan fingerprint density at radius 3 is 2.00 bits per heavy atom. The minimum atomic E-state index is -0.325. The fourth-order valence-corrected chi connectivity index (χ4v) is 10.9. The molecule has 0 radical (unpaired) electrons. The molecule has 5 heteroatoms. The van der Waals surface area contributed by atoms with Gasteiger partial charge in [0.25, 0.3) is 0 Å². The molecule has 0 bridgehead atoms. The largest absolute Gasteiger partial charge is 0.345 e. The van der Waals surface area contributed by atoms with Gasteiger partial charge in [0.15, 0.2) is 0 Å². The van der Waals surface area contributed by atoms with Gasteiger partial charge in [-0.25, -0.2) is 4.99 Å². The lowest BCUT2D eigenvalue weighted by Gasteiger charge is -2.25. The first-order valence-corrected chi connectivity index (χ1v) is 21.0. The normalized spacial score (nSPS) is 14.4. The van der Waals surface area contributed by atoms with Crippen LogP contribution in [0.5, 0.6) is 0 Å². The molecule has 0 fully saturated rings. The average molecular weight is 771 g/mol. The first-order chi connectivity index (χ1) is 29.3. The van der Waals surface area contributed by atoms with Crippen LogP contribution in [-0.4, -0.2) is 9.13 Å². The summed E-state index contributed by atoms with van der Waals surface area (Å²) in [4.78, 5) is 7.93. The van der Waals surface area contributed by atoms with Crippen molar-refractivity contribution in [3.05, 3.63) is 210 Å². The Morgan fingerprint density at radius 1 is 0.441 bits per heavy atom. The summed E-state index contributed by atoms with van der Waals surface area (Å²) >= 11 is 1.89. The zero-order chi connectivity index (χ0) is 38.6. The molecule has 0 spiro atoms. The van der Waals surface area contributed by atoms with Gasteiger partial charge in [0.2, 0.25) is 6.29 Å². The van der Waals surface area contributed by atoms with Crippen LogP contribution in [-0.2, 0) is 0 Å². The van der Waals surface area contributed by atoms with Crippen LogP contribution in [0.25, 0.3) is 88.0 Å². The van der Waals surface area contributed by atoms with Crippen LogP contribution in [0.15, 0.2) is 209 Å². The quantitative estimate of drug-likeness (QED) is 0.193. The number of nitrogens with one attached hydrogen (secondary N) is 1. The Labute approximate surface area is 344 Å². The topological polar surface area (TPSA) is 34.2 Å². The molecule has 13 rings (SSSR count). The summed E-state index contributed by atoms with van der Waals surface area (Å²) in [6.45, 7) is 0. The van der Waals surface area contributed by atoms with Crippen LogP contribution in [0.3, 0.4) is 0 Å². The van der Waals surface area contributed by atoms with E-state index in [4.69, 9.17) is 4.99 Å². The van der Waals surface area contributed by atoms with E-state index < -0.39 is 0 Å². The van der Waals surface area contributed by atoms with E-state index in [1.807, 2.05) is 11.8 Å². The summed E-state index contributed by atoms with van der Waals surface area (Å²) in [5, 5.41) is 13.6. The molecule has 9 aromatic carbocycles. The Bertz CT molecular complexity index is 3680. The second kappa shape index (κ2) is 12.6. The van der Waals surface area contributed by atoms with E-state index in [2.05, 4.69) is 209 Å². The lowest BCUT2D eigenvalue weighted by atomic mass is 9.94. The Kier molecular flexibility index (Phi) is 6.97. The minimum Gasteiger partial charge on any atom is -0.345 e. The fourth-order valence-electron chi connectivity index (χ4n) is 9.77. The van der Waals surface area contributed by atoms with Crippen LogP contribution in [0.2, 0.25) is 0 Å². The second-order valence-electron chi connectivity index (χ2n) is 15.5. The first-order valence-electron chi connectivity index (χ1n) is 20.2.